The van der Waals surface area contributed by atoms with E-state index in [4.69, 9.17) is 0 Å². The number of non-ortho nitro benzene ring substituents is 1. The van der Waals surface area contributed by atoms with E-state index < -0.39 is 4.92 Å². The van der Waals surface area contributed by atoms with Crippen LogP contribution in [0.5, 0.6) is 0 Å². The molecule has 0 radical (unpaired) electrons. The number of hydrogen-bond acceptors (Lipinski definition) is 7. The van der Waals surface area contributed by atoms with Gasteiger partial charge in [-0.1, -0.05) is 0 Å². The normalized spacial score (nSPS) is 11.8. The summed E-state index contributed by atoms with van der Waals surface area (Å²) < 4.78 is 1.55. The second-order valence-corrected chi connectivity index (χ2v) is 7.17. The lowest BCUT2D eigenvalue weighted by molar-refractivity contribution is -0.384. The number of rotatable bonds is 6. The van der Waals surface area contributed by atoms with Crippen LogP contribution in [0.25, 0.3) is 5.69 Å². The predicted molar refractivity (Wildman–Crippen MR) is 101 cm³/mol. The fraction of sp³-hybridized carbons (Fsp3) is 0.176. The Morgan fingerprint density at radius 3 is 2.59 bits per heavy atom. The first-order valence-corrected chi connectivity index (χ1v) is 8.88. The van der Waals surface area contributed by atoms with E-state index in [2.05, 4.69) is 20.8 Å². The number of nitrogens with zero attached hydrogens (tertiary/aromatic N) is 5. The second kappa shape index (κ2) is 7.96. The van der Waals surface area contributed by atoms with Gasteiger partial charge < -0.3 is 5.32 Å². The lowest BCUT2D eigenvalue weighted by atomic mass is 10.1. The smallest absolute Gasteiger partial charge is 0.269 e. The zero-order valence-electron chi connectivity index (χ0n) is 14.6. The van der Waals surface area contributed by atoms with E-state index in [1.165, 1.54) is 30.2 Å². The Bertz CT molecular complexity index is 959. The Labute approximate surface area is 158 Å². The highest BCUT2D eigenvalue weighted by Gasteiger charge is 2.16. The van der Waals surface area contributed by atoms with Crippen LogP contribution in [0, 0.1) is 17.0 Å². The number of aromatic nitrogens is 4. The molecule has 0 fully saturated rings. The molecular formula is C17H16N6O3S. The number of nitrogens with one attached hydrogen (secondary N) is 1. The average Bonchev–Trinajstić information content (AvgIpc) is 3.16. The maximum absolute atomic E-state index is 12.4. The third-order valence-corrected chi connectivity index (χ3v) is 4.90. The minimum atomic E-state index is -0.452. The summed E-state index contributed by atoms with van der Waals surface area (Å²) in [6.07, 6.45) is 1.50. The van der Waals surface area contributed by atoms with Gasteiger partial charge in [0.2, 0.25) is 5.91 Å². The topological polar surface area (TPSA) is 116 Å². The summed E-state index contributed by atoms with van der Waals surface area (Å²) in [7, 11) is 0. The highest BCUT2D eigenvalue weighted by atomic mass is 32.2. The Kier molecular flexibility index (Phi) is 5.46. The summed E-state index contributed by atoms with van der Waals surface area (Å²) >= 11 is 1.33. The van der Waals surface area contributed by atoms with E-state index >= 15 is 0 Å². The highest BCUT2D eigenvalue weighted by molar-refractivity contribution is 8.00. The van der Waals surface area contributed by atoms with Crippen LogP contribution >= 0.6 is 11.8 Å². The van der Waals surface area contributed by atoms with E-state index in [1.54, 1.807) is 29.8 Å². The maximum Gasteiger partial charge on any atom is 0.269 e. The van der Waals surface area contributed by atoms with Gasteiger partial charge in [-0.2, -0.15) is 0 Å². The molecular weight excluding hydrogens is 368 g/mol. The van der Waals surface area contributed by atoms with Gasteiger partial charge in [0.1, 0.15) is 6.33 Å². The molecule has 0 saturated carbocycles. The molecule has 1 unspecified atom stereocenters. The molecule has 0 bridgehead atoms. The number of nitro benzene ring substituents is 1. The predicted octanol–water partition coefficient (Wildman–Crippen LogP) is 3.00. The molecule has 1 N–H and O–H groups in total. The van der Waals surface area contributed by atoms with Crippen LogP contribution in [0.4, 0.5) is 11.4 Å². The van der Waals surface area contributed by atoms with Crippen LogP contribution in [0.1, 0.15) is 12.5 Å². The van der Waals surface area contributed by atoms with Crippen molar-refractivity contribution in [3.63, 3.8) is 0 Å². The number of tetrazole rings is 1. The molecule has 0 spiro atoms. The van der Waals surface area contributed by atoms with Crippen LogP contribution < -0.4 is 5.32 Å². The van der Waals surface area contributed by atoms with Crippen molar-refractivity contribution < 1.29 is 9.72 Å². The number of carbonyl (C=O) groups is 1. The third-order valence-electron chi connectivity index (χ3n) is 3.79. The minimum Gasteiger partial charge on any atom is -0.325 e. The molecule has 3 rings (SSSR count). The van der Waals surface area contributed by atoms with Gasteiger partial charge in [-0.15, -0.1) is 16.9 Å². The molecule has 2 aromatic carbocycles. The van der Waals surface area contributed by atoms with Crippen molar-refractivity contribution in [3.8, 4) is 5.69 Å². The summed E-state index contributed by atoms with van der Waals surface area (Å²) in [5, 5.41) is 24.3. The zero-order valence-corrected chi connectivity index (χ0v) is 15.4. The number of nitro groups is 1. The Morgan fingerprint density at radius 2 is 2.00 bits per heavy atom. The molecule has 0 aliphatic heterocycles. The SMILES string of the molecule is Cc1cc(NC(=O)C(C)Sc2ccc([N+](=O)[O-])cc2)ccc1-n1cnnn1. The van der Waals surface area contributed by atoms with Crippen molar-refractivity contribution in [2.45, 2.75) is 24.0 Å². The average molecular weight is 384 g/mol. The largest absolute Gasteiger partial charge is 0.325 e. The van der Waals surface area contributed by atoms with Crippen molar-refractivity contribution in [2.24, 2.45) is 0 Å². The van der Waals surface area contributed by atoms with Crippen LogP contribution in [0.3, 0.4) is 0 Å². The van der Waals surface area contributed by atoms with E-state index in [-0.39, 0.29) is 16.8 Å². The minimum absolute atomic E-state index is 0.0228. The van der Waals surface area contributed by atoms with Crippen molar-refractivity contribution in [1.29, 1.82) is 0 Å². The number of benzene rings is 2. The van der Waals surface area contributed by atoms with Gasteiger partial charge in [-0.25, -0.2) is 4.68 Å². The van der Waals surface area contributed by atoms with Gasteiger partial charge >= 0.3 is 0 Å². The van der Waals surface area contributed by atoms with Gasteiger partial charge in [-0.05, 0) is 60.2 Å². The van der Waals surface area contributed by atoms with Gasteiger partial charge in [0, 0.05) is 22.7 Å². The molecule has 1 amide bonds. The van der Waals surface area contributed by atoms with E-state index in [0.717, 1.165) is 16.1 Å². The lowest BCUT2D eigenvalue weighted by Crippen LogP contribution is -2.22. The first-order chi connectivity index (χ1) is 12.9. The number of anilines is 1. The van der Waals surface area contributed by atoms with Crippen LogP contribution in [0.2, 0.25) is 0 Å². The number of hydrogen-bond donors (Lipinski definition) is 1. The summed E-state index contributed by atoms with van der Waals surface area (Å²) in [6.45, 7) is 3.69. The van der Waals surface area contributed by atoms with Gasteiger partial charge in [0.15, 0.2) is 0 Å². The number of amides is 1. The number of aryl methyl sites for hydroxylation is 1. The molecule has 0 saturated heterocycles. The first kappa shape index (κ1) is 18.5. The standard InChI is InChI=1S/C17H16N6O3S/c1-11-9-13(3-8-16(11)22-10-18-20-21-22)19-17(24)12(2)27-15-6-4-14(5-7-15)23(25)26/h3-10,12H,1-2H3,(H,19,24). The van der Waals surface area contributed by atoms with Gasteiger partial charge in [0.25, 0.3) is 5.69 Å². The molecule has 1 aromatic heterocycles. The second-order valence-electron chi connectivity index (χ2n) is 5.76. The number of carbonyl (C=O) groups excluding carboxylic acids is 1. The highest BCUT2D eigenvalue weighted by Crippen LogP contribution is 2.26. The molecule has 27 heavy (non-hydrogen) atoms. The Hall–Kier alpha value is -3.27. The van der Waals surface area contributed by atoms with E-state index in [1.807, 2.05) is 19.1 Å². The maximum atomic E-state index is 12.4. The molecule has 0 aliphatic rings. The summed E-state index contributed by atoms with van der Waals surface area (Å²) in [6, 6.07) is 11.6. The molecule has 138 valence electrons. The molecule has 1 atom stereocenters. The molecule has 3 aromatic rings. The summed E-state index contributed by atoms with van der Waals surface area (Å²) in [5.74, 6) is -0.159. The quantitative estimate of drug-likeness (QED) is 0.394. The summed E-state index contributed by atoms with van der Waals surface area (Å²) in [5.41, 5.74) is 2.43. The zero-order chi connectivity index (χ0) is 19.4. The van der Waals surface area contributed by atoms with Gasteiger partial charge in [0.05, 0.1) is 15.9 Å². The van der Waals surface area contributed by atoms with Gasteiger partial charge in [-0.3, -0.25) is 14.9 Å². The summed E-state index contributed by atoms with van der Waals surface area (Å²) in [4.78, 5) is 23.5. The number of thioether (sulfide) groups is 1. The fourth-order valence-electron chi connectivity index (χ4n) is 2.41. The van der Waals surface area contributed by atoms with Crippen LogP contribution in [-0.4, -0.2) is 36.3 Å². The van der Waals surface area contributed by atoms with E-state index in [9.17, 15) is 14.9 Å². The Morgan fingerprint density at radius 1 is 1.26 bits per heavy atom. The monoisotopic (exact) mass is 384 g/mol. The molecule has 9 nitrogen and oxygen atoms in total. The third kappa shape index (κ3) is 4.47. The van der Waals surface area contributed by atoms with Crippen molar-refractivity contribution in [2.75, 3.05) is 5.32 Å². The first-order valence-electron chi connectivity index (χ1n) is 8.00. The molecule has 10 heteroatoms. The van der Waals surface area contributed by atoms with Crippen molar-refractivity contribution >= 4 is 29.0 Å². The lowest BCUT2D eigenvalue weighted by Gasteiger charge is -2.13. The van der Waals surface area contributed by atoms with Crippen LogP contribution in [0.15, 0.2) is 53.7 Å². The Balaban J connectivity index is 1.64. The van der Waals surface area contributed by atoms with Crippen LogP contribution in [-0.2, 0) is 4.79 Å². The molecule has 1 heterocycles. The fourth-order valence-corrected chi connectivity index (χ4v) is 3.28. The van der Waals surface area contributed by atoms with Crippen molar-refractivity contribution in [3.05, 3.63) is 64.5 Å². The van der Waals surface area contributed by atoms with Crippen molar-refractivity contribution in [1.82, 2.24) is 20.2 Å². The van der Waals surface area contributed by atoms with E-state index in [0.29, 0.717) is 5.69 Å². The molecule has 0 aliphatic carbocycles.